The SMILES string of the molecule is CC.CC(=O)C(N)CCCC[N+](C)(C)C. The molecule has 1 unspecified atom stereocenters. The van der Waals surface area contributed by atoms with Crippen molar-refractivity contribution in [3.8, 4) is 0 Å². The normalized spacial score (nSPS) is 12.7. The third-order valence-corrected chi connectivity index (χ3v) is 2.12. The summed E-state index contributed by atoms with van der Waals surface area (Å²) in [5.41, 5.74) is 5.61. The summed E-state index contributed by atoms with van der Waals surface area (Å²) >= 11 is 0. The number of quaternary nitrogens is 1. The molecule has 0 fully saturated rings. The Morgan fingerprint density at radius 2 is 1.67 bits per heavy atom. The van der Waals surface area contributed by atoms with E-state index in [-0.39, 0.29) is 11.8 Å². The molecule has 0 radical (unpaired) electrons. The van der Waals surface area contributed by atoms with Crippen LogP contribution in [0.4, 0.5) is 0 Å². The number of unbranched alkanes of at least 4 members (excludes halogenated alkanes) is 1. The fourth-order valence-electron chi connectivity index (χ4n) is 1.15. The number of hydrogen-bond acceptors (Lipinski definition) is 2. The minimum atomic E-state index is -0.243. The Balaban J connectivity index is 0. The van der Waals surface area contributed by atoms with Gasteiger partial charge >= 0.3 is 0 Å². The van der Waals surface area contributed by atoms with E-state index in [1.807, 2.05) is 13.8 Å². The topological polar surface area (TPSA) is 43.1 Å². The second kappa shape index (κ2) is 8.86. The van der Waals surface area contributed by atoms with E-state index in [2.05, 4.69) is 21.1 Å². The van der Waals surface area contributed by atoms with Crippen molar-refractivity contribution >= 4 is 5.78 Å². The maximum absolute atomic E-state index is 10.8. The summed E-state index contributed by atoms with van der Waals surface area (Å²) in [5, 5.41) is 0. The first-order valence-electron chi connectivity index (χ1n) is 5.89. The van der Waals surface area contributed by atoms with E-state index in [1.54, 1.807) is 6.92 Å². The van der Waals surface area contributed by atoms with Crippen molar-refractivity contribution in [2.45, 2.75) is 46.1 Å². The van der Waals surface area contributed by atoms with Crippen LogP contribution in [0.15, 0.2) is 0 Å². The molecule has 2 N–H and O–H groups in total. The van der Waals surface area contributed by atoms with Gasteiger partial charge in [-0.15, -0.1) is 0 Å². The fourth-order valence-corrected chi connectivity index (χ4v) is 1.15. The van der Waals surface area contributed by atoms with Crippen LogP contribution in [0.5, 0.6) is 0 Å². The van der Waals surface area contributed by atoms with Crippen LogP contribution < -0.4 is 5.73 Å². The molecule has 0 saturated heterocycles. The third-order valence-electron chi connectivity index (χ3n) is 2.12. The molecule has 0 saturated carbocycles. The lowest BCUT2D eigenvalue weighted by molar-refractivity contribution is -0.870. The summed E-state index contributed by atoms with van der Waals surface area (Å²) in [4.78, 5) is 10.8. The van der Waals surface area contributed by atoms with E-state index in [1.165, 1.54) is 0 Å². The van der Waals surface area contributed by atoms with Gasteiger partial charge in [-0.2, -0.15) is 0 Å². The number of carbonyl (C=O) groups is 1. The highest BCUT2D eigenvalue weighted by Crippen LogP contribution is 2.03. The molecule has 0 amide bonds. The molecule has 0 aliphatic rings. The summed E-state index contributed by atoms with van der Waals surface area (Å²) in [6, 6.07) is -0.243. The van der Waals surface area contributed by atoms with Crippen LogP contribution >= 0.6 is 0 Å². The smallest absolute Gasteiger partial charge is 0.146 e. The molecule has 0 aromatic carbocycles. The molecule has 0 spiro atoms. The summed E-state index contributed by atoms with van der Waals surface area (Å²) in [7, 11) is 6.51. The van der Waals surface area contributed by atoms with Crippen LogP contribution in [0.1, 0.15) is 40.0 Å². The zero-order valence-corrected chi connectivity index (χ0v) is 11.3. The summed E-state index contributed by atoms with van der Waals surface area (Å²) in [6.07, 6.45) is 3.02. The fraction of sp³-hybridized carbons (Fsp3) is 0.917. The summed E-state index contributed by atoms with van der Waals surface area (Å²) < 4.78 is 0.981. The highest BCUT2D eigenvalue weighted by Gasteiger charge is 2.09. The van der Waals surface area contributed by atoms with Crippen LogP contribution in [0, 0.1) is 0 Å². The van der Waals surface area contributed by atoms with Crippen LogP contribution in [0.2, 0.25) is 0 Å². The van der Waals surface area contributed by atoms with Crippen LogP contribution in [-0.2, 0) is 4.79 Å². The number of hydrogen-bond donors (Lipinski definition) is 1. The van der Waals surface area contributed by atoms with E-state index in [4.69, 9.17) is 5.73 Å². The van der Waals surface area contributed by atoms with Gasteiger partial charge in [-0.05, 0) is 26.2 Å². The Hall–Kier alpha value is -0.410. The van der Waals surface area contributed by atoms with E-state index < -0.39 is 0 Å². The van der Waals surface area contributed by atoms with Gasteiger partial charge in [0.1, 0.15) is 5.78 Å². The number of nitrogens with two attached hydrogens (primary N) is 1. The molecule has 92 valence electrons. The van der Waals surface area contributed by atoms with Crippen LogP contribution in [-0.4, -0.2) is 44.0 Å². The van der Waals surface area contributed by atoms with E-state index in [0.29, 0.717) is 0 Å². The monoisotopic (exact) mass is 217 g/mol. The second-order valence-electron chi connectivity index (χ2n) is 4.73. The Morgan fingerprint density at radius 3 is 2.00 bits per heavy atom. The highest BCUT2D eigenvalue weighted by molar-refractivity contribution is 5.80. The zero-order chi connectivity index (χ0) is 12.5. The van der Waals surface area contributed by atoms with Gasteiger partial charge in [0.2, 0.25) is 0 Å². The predicted molar refractivity (Wildman–Crippen MR) is 66.8 cm³/mol. The first-order valence-corrected chi connectivity index (χ1v) is 5.89. The van der Waals surface area contributed by atoms with Gasteiger partial charge in [0.25, 0.3) is 0 Å². The Labute approximate surface area is 95.2 Å². The van der Waals surface area contributed by atoms with Crippen molar-refractivity contribution in [3.63, 3.8) is 0 Å². The maximum Gasteiger partial charge on any atom is 0.146 e. The van der Waals surface area contributed by atoms with Crippen molar-refractivity contribution < 1.29 is 9.28 Å². The molecular formula is C12H29N2O+. The standard InChI is InChI=1S/C10H23N2O.C2H6/c1-9(13)10(11)7-5-6-8-12(2,3)4;1-2/h10H,5-8,11H2,1-4H3;1-2H3/q+1;. The van der Waals surface area contributed by atoms with Gasteiger partial charge in [-0.1, -0.05) is 13.8 Å². The van der Waals surface area contributed by atoms with E-state index in [0.717, 1.165) is 30.3 Å². The minimum absolute atomic E-state index is 0.102. The quantitative estimate of drug-likeness (QED) is 0.544. The molecule has 0 aromatic rings. The Bertz CT molecular complexity index is 161. The zero-order valence-electron chi connectivity index (χ0n) is 11.3. The van der Waals surface area contributed by atoms with Gasteiger partial charge < -0.3 is 10.2 Å². The molecule has 0 heterocycles. The number of nitrogens with zero attached hydrogens (tertiary/aromatic N) is 1. The first-order chi connectivity index (χ1) is 6.83. The van der Waals surface area contributed by atoms with Gasteiger partial charge in [0.15, 0.2) is 0 Å². The molecule has 0 aliphatic heterocycles. The molecule has 0 rings (SSSR count). The average Bonchev–Trinajstić information content (AvgIpc) is 2.13. The maximum atomic E-state index is 10.8. The predicted octanol–water partition coefficient (Wildman–Crippen LogP) is 1.81. The van der Waals surface area contributed by atoms with Crippen molar-refractivity contribution in [3.05, 3.63) is 0 Å². The number of rotatable bonds is 6. The highest BCUT2D eigenvalue weighted by atomic mass is 16.1. The Kier molecular flexibility index (Phi) is 10.0. The molecular weight excluding hydrogens is 188 g/mol. The Morgan fingerprint density at radius 1 is 1.20 bits per heavy atom. The second-order valence-corrected chi connectivity index (χ2v) is 4.73. The average molecular weight is 217 g/mol. The number of Topliss-reactive ketones (excluding diaryl/α,β-unsaturated/α-hetero) is 1. The number of carbonyl (C=O) groups excluding carboxylic acids is 1. The van der Waals surface area contributed by atoms with Crippen molar-refractivity contribution in [1.29, 1.82) is 0 Å². The molecule has 0 bridgehead atoms. The summed E-state index contributed by atoms with van der Waals surface area (Å²) in [6.45, 7) is 6.70. The lowest BCUT2D eigenvalue weighted by atomic mass is 10.1. The summed E-state index contributed by atoms with van der Waals surface area (Å²) in [5.74, 6) is 0.102. The lowest BCUT2D eigenvalue weighted by Crippen LogP contribution is -2.35. The van der Waals surface area contributed by atoms with Crippen molar-refractivity contribution in [2.24, 2.45) is 5.73 Å². The molecule has 3 nitrogen and oxygen atoms in total. The largest absolute Gasteiger partial charge is 0.331 e. The first kappa shape index (κ1) is 17.0. The lowest BCUT2D eigenvalue weighted by Gasteiger charge is -2.23. The van der Waals surface area contributed by atoms with E-state index >= 15 is 0 Å². The van der Waals surface area contributed by atoms with Crippen LogP contribution in [0.25, 0.3) is 0 Å². The molecule has 0 aliphatic carbocycles. The molecule has 15 heavy (non-hydrogen) atoms. The van der Waals surface area contributed by atoms with Gasteiger partial charge in [0.05, 0.1) is 33.7 Å². The number of ketones is 1. The molecule has 3 heteroatoms. The van der Waals surface area contributed by atoms with E-state index in [9.17, 15) is 4.79 Å². The van der Waals surface area contributed by atoms with Gasteiger partial charge in [-0.3, -0.25) is 4.79 Å². The van der Waals surface area contributed by atoms with Crippen molar-refractivity contribution in [1.82, 2.24) is 0 Å². The van der Waals surface area contributed by atoms with Crippen molar-refractivity contribution in [2.75, 3.05) is 27.7 Å². The van der Waals surface area contributed by atoms with Crippen LogP contribution in [0.3, 0.4) is 0 Å². The van der Waals surface area contributed by atoms with Gasteiger partial charge in [-0.25, -0.2) is 0 Å². The van der Waals surface area contributed by atoms with Gasteiger partial charge in [0, 0.05) is 0 Å². The molecule has 1 atom stereocenters. The minimum Gasteiger partial charge on any atom is -0.331 e. The third kappa shape index (κ3) is 13.6. The molecule has 0 aromatic heterocycles.